The van der Waals surface area contributed by atoms with Gasteiger partial charge in [-0.25, -0.2) is 4.79 Å². The van der Waals surface area contributed by atoms with Crippen molar-refractivity contribution in [2.24, 2.45) is 5.73 Å². The van der Waals surface area contributed by atoms with Gasteiger partial charge in [0.1, 0.15) is 0 Å². The lowest BCUT2D eigenvalue weighted by molar-refractivity contribution is -0.113. The largest absolute Gasteiger partial charge is 0.465 e. The van der Waals surface area contributed by atoms with E-state index >= 15 is 0 Å². The fourth-order valence-corrected chi connectivity index (χ4v) is 3.47. The molecule has 2 N–H and O–H groups in total. The summed E-state index contributed by atoms with van der Waals surface area (Å²) in [6.07, 6.45) is 3.12. The van der Waals surface area contributed by atoms with Crippen LogP contribution in [-0.2, 0) is 9.53 Å². The molecule has 0 aliphatic rings. The molecule has 0 aliphatic carbocycles. The van der Waals surface area contributed by atoms with Gasteiger partial charge in [0.2, 0.25) is 5.91 Å². The number of esters is 1. The molecule has 0 atom stereocenters. The van der Waals surface area contributed by atoms with Gasteiger partial charge in [-0.2, -0.15) is 0 Å². The maximum absolute atomic E-state index is 11.9. The fourth-order valence-electron chi connectivity index (χ4n) is 3.47. The molecule has 4 heteroatoms. The smallest absolute Gasteiger partial charge is 0.337 e. The van der Waals surface area contributed by atoms with Gasteiger partial charge < -0.3 is 10.5 Å². The normalized spacial score (nSPS) is 11.1. The molecule has 4 nitrogen and oxygen atoms in total. The Morgan fingerprint density at radius 2 is 1.63 bits per heavy atom. The molecule has 0 unspecified atom stereocenters. The summed E-state index contributed by atoms with van der Waals surface area (Å²) in [5.41, 5.74) is 12.0. The van der Waals surface area contributed by atoms with Crippen LogP contribution in [0, 0.1) is 0 Å². The van der Waals surface area contributed by atoms with E-state index in [1.165, 1.54) is 18.7 Å². The highest BCUT2D eigenvalue weighted by molar-refractivity contribution is 5.93. The van der Waals surface area contributed by atoms with Crippen LogP contribution in [0.1, 0.15) is 41.3 Å². The SMILES string of the molecule is COC(=O)c1cccc(-c2ccc(-c3ccccc3/C=C/C(N)=O)c(C(C)C)c2)c1. The van der Waals surface area contributed by atoms with Crippen LogP contribution in [0.3, 0.4) is 0 Å². The standard InChI is InChI=1S/C26H25NO3/c1-17(2)24-16-20(19-8-6-9-21(15-19)26(29)30-3)11-13-23(24)22-10-5-4-7-18(22)12-14-25(27)28/h4-17H,1-3H3,(H2,27,28)/b14-12+. The van der Waals surface area contributed by atoms with Gasteiger partial charge in [0.25, 0.3) is 0 Å². The molecule has 0 radical (unpaired) electrons. The quantitative estimate of drug-likeness (QED) is 0.444. The lowest BCUT2D eigenvalue weighted by Crippen LogP contribution is -2.05. The predicted molar refractivity (Wildman–Crippen MR) is 121 cm³/mol. The summed E-state index contributed by atoms with van der Waals surface area (Å²) in [6.45, 7) is 4.30. The van der Waals surface area contributed by atoms with Crippen molar-refractivity contribution in [1.82, 2.24) is 0 Å². The second-order valence-electron chi connectivity index (χ2n) is 7.35. The van der Waals surface area contributed by atoms with Gasteiger partial charge in [-0.3, -0.25) is 4.79 Å². The second kappa shape index (κ2) is 9.23. The Balaban J connectivity index is 2.11. The van der Waals surface area contributed by atoms with Crippen molar-refractivity contribution in [3.63, 3.8) is 0 Å². The lowest BCUT2D eigenvalue weighted by atomic mass is 9.87. The molecule has 0 bridgehead atoms. The second-order valence-corrected chi connectivity index (χ2v) is 7.35. The number of carbonyl (C=O) groups excluding carboxylic acids is 2. The number of ether oxygens (including phenoxy) is 1. The van der Waals surface area contributed by atoms with Gasteiger partial charge >= 0.3 is 5.97 Å². The molecule has 0 saturated heterocycles. The van der Waals surface area contributed by atoms with E-state index in [0.717, 1.165) is 27.8 Å². The van der Waals surface area contributed by atoms with E-state index in [-0.39, 0.29) is 11.9 Å². The molecule has 0 saturated carbocycles. The van der Waals surface area contributed by atoms with Gasteiger partial charge in [0.05, 0.1) is 12.7 Å². The van der Waals surface area contributed by atoms with E-state index in [1.807, 2.05) is 48.5 Å². The van der Waals surface area contributed by atoms with Crippen LogP contribution in [0.4, 0.5) is 0 Å². The van der Waals surface area contributed by atoms with Gasteiger partial charge in [0, 0.05) is 6.08 Å². The molecule has 0 aromatic heterocycles. The van der Waals surface area contributed by atoms with Crippen LogP contribution in [-0.4, -0.2) is 19.0 Å². The van der Waals surface area contributed by atoms with E-state index in [2.05, 4.69) is 26.0 Å². The van der Waals surface area contributed by atoms with E-state index in [1.54, 1.807) is 12.1 Å². The van der Waals surface area contributed by atoms with Crippen molar-refractivity contribution in [2.45, 2.75) is 19.8 Å². The summed E-state index contributed by atoms with van der Waals surface area (Å²) >= 11 is 0. The molecule has 152 valence electrons. The van der Waals surface area contributed by atoms with Crippen molar-refractivity contribution >= 4 is 18.0 Å². The number of rotatable bonds is 6. The van der Waals surface area contributed by atoms with E-state index in [9.17, 15) is 9.59 Å². The molecular weight excluding hydrogens is 374 g/mol. The van der Waals surface area contributed by atoms with Crippen molar-refractivity contribution < 1.29 is 14.3 Å². The molecule has 1 amide bonds. The van der Waals surface area contributed by atoms with E-state index in [4.69, 9.17) is 10.5 Å². The minimum absolute atomic E-state index is 0.275. The van der Waals surface area contributed by atoms with Crippen LogP contribution in [0.5, 0.6) is 0 Å². The van der Waals surface area contributed by atoms with Crippen LogP contribution in [0.25, 0.3) is 28.3 Å². The van der Waals surface area contributed by atoms with Crippen LogP contribution < -0.4 is 5.73 Å². The van der Waals surface area contributed by atoms with Gasteiger partial charge in [0.15, 0.2) is 0 Å². The topological polar surface area (TPSA) is 69.4 Å². The molecule has 3 aromatic carbocycles. The molecule has 0 heterocycles. The zero-order chi connectivity index (χ0) is 21.7. The highest BCUT2D eigenvalue weighted by Gasteiger charge is 2.14. The van der Waals surface area contributed by atoms with Crippen LogP contribution >= 0.6 is 0 Å². The number of amides is 1. The predicted octanol–water partition coefficient (Wildman–Crippen LogP) is 5.43. The Kier molecular flexibility index (Phi) is 6.48. The van der Waals surface area contributed by atoms with Crippen molar-refractivity contribution in [3.05, 3.63) is 89.5 Å². The molecule has 3 rings (SSSR count). The summed E-state index contributed by atoms with van der Waals surface area (Å²) in [4.78, 5) is 23.1. The number of carbonyl (C=O) groups is 2. The maximum Gasteiger partial charge on any atom is 0.337 e. The highest BCUT2D eigenvalue weighted by atomic mass is 16.5. The summed E-state index contributed by atoms with van der Waals surface area (Å²) < 4.78 is 4.84. The zero-order valence-corrected chi connectivity index (χ0v) is 17.4. The highest BCUT2D eigenvalue weighted by Crippen LogP contribution is 2.35. The number of methoxy groups -OCH3 is 1. The Hall–Kier alpha value is -3.66. The Labute approximate surface area is 177 Å². The Morgan fingerprint density at radius 3 is 2.33 bits per heavy atom. The van der Waals surface area contributed by atoms with Gasteiger partial charge in [-0.05, 0) is 57.5 Å². The summed E-state index contributed by atoms with van der Waals surface area (Å²) in [6, 6.07) is 21.6. The first kappa shape index (κ1) is 21.1. The first-order chi connectivity index (χ1) is 14.4. The van der Waals surface area contributed by atoms with E-state index in [0.29, 0.717) is 5.56 Å². The van der Waals surface area contributed by atoms with Crippen LogP contribution in [0.2, 0.25) is 0 Å². The van der Waals surface area contributed by atoms with Gasteiger partial charge in [-0.1, -0.05) is 68.4 Å². The third-order valence-electron chi connectivity index (χ3n) is 4.97. The van der Waals surface area contributed by atoms with E-state index < -0.39 is 5.91 Å². The zero-order valence-electron chi connectivity index (χ0n) is 17.4. The average Bonchev–Trinajstić information content (AvgIpc) is 2.77. The number of hydrogen-bond donors (Lipinski definition) is 1. The van der Waals surface area contributed by atoms with Crippen LogP contribution in [0.15, 0.2) is 72.8 Å². The molecule has 0 aliphatic heterocycles. The summed E-state index contributed by atoms with van der Waals surface area (Å²) in [5.74, 6) is -0.556. The first-order valence-electron chi connectivity index (χ1n) is 9.80. The Morgan fingerprint density at radius 1 is 0.900 bits per heavy atom. The number of benzene rings is 3. The molecular formula is C26H25NO3. The minimum atomic E-state index is -0.477. The third kappa shape index (κ3) is 4.66. The first-order valence-corrected chi connectivity index (χ1v) is 9.80. The maximum atomic E-state index is 11.9. The van der Waals surface area contributed by atoms with Crippen molar-refractivity contribution in [2.75, 3.05) is 7.11 Å². The van der Waals surface area contributed by atoms with Crippen molar-refractivity contribution in [3.8, 4) is 22.3 Å². The molecule has 0 spiro atoms. The number of hydrogen-bond acceptors (Lipinski definition) is 3. The lowest BCUT2D eigenvalue weighted by Gasteiger charge is -2.17. The molecule has 0 fully saturated rings. The van der Waals surface area contributed by atoms with Crippen molar-refractivity contribution in [1.29, 1.82) is 0 Å². The summed E-state index contributed by atoms with van der Waals surface area (Å²) in [7, 11) is 1.38. The fraction of sp³-hybridized carbons (Fsp3) is 0.154. The monoisotopic (exact) mass is 399 g/mol. The molecule has 30 heavy (non-hydrogen) atoms. The molecule has 3 aromatic rings. The Bertz CT molecular complexity index is 1110. The van der Waals surface area contributed by atoms with Gasteiger partial charge in [-0.15, -0.1) is 0 Å². The average molecular weight is 399 g/mol. The minimum Gasteiger partial charge on any atom is -0.465 e. The third-order valence-corrected chi connectivity index (χ3v) is 4.97. The summed E-state index contributed by atoms with van der Waals surface area (Å²) in [5, 5.41) is 0. The number of primary amides is 1. The number of nitrogens with two attached hydrogens (primary N) is 1.